The summed E-state index contributed by atoms with van der Waals surface area (Å²) in [4.78, 5) is 19.5. The van der Waals surface area contributed by atoms with Crippen molar-refractivity contribution < 1.29 is 9.18 Å². The van der Waals surface area contributed by atoms with E-state index in [1.54, 1.807) is 6.07 Å². The van der Waals surface area contributed by atoms with Gasteiger partial charge in [0.2, 0.25) is 5.91 Å². The van der Waals surface area contributed by atoms with Crippen molar-refractivity contribution in [2.75, 3.05) is 44.2 Å². The third-order valence-electron chi connectivity index (χ3n) is 5.96. The molecule has 0 N–H and O–H groups in total. The second kappa shape index (κ2) is 9.14. The first kappa shape index (κ1) is 20.2. The van der Waals surface area contributed by atoms with Gasteiger partial charge in [0.15, 0.2) is 0 Å². The highest BCUT2D eigenvalue weighted by Crippen LogP contribution is 2.24. The third-order valence-corrected chi connectivity index (χ3v) is 6.21. The molecule has 2 saturated heterocycles. The predicted molar refractivity (Wildman–Crippen MR) is 115 cm³/mol. The third kappa shape index (κ3) is 4.90. The number of para-hydroxylation sites is 1. The zero-order chi connectivity index (χ0) is 20.2. The number of piperazine rings is 1. The van der Waals surface area contributed by atoms with Crippen molar-refractivity contribution in [3.05, 3.63) is 64.9 Å². The maximum Gasteiger partial charge on any atom is 0.227 e. The lowest BCUT2D eigenvalue weighted by molar-refractivity contribution is -0.137. The fourth-order valence-electron chi connectivity index (χ4n) is 4.38. The van der Waals surface area contributed by atoms with Crippen molar-refractivity contribution in [1.29, 1.82) is 0 Å². The SMILES string of the molecule is O=C([C@H]1CCCN(Cc2ccc(Cl)cc2)C1)N1CCN(c2ccccc2F)CC1. The Morgan fingerprint density at radius 3 is 2.45 bits per heavy atom. The predicted octanol–water partition coefficient (Wildman–Crippen LogP) is 4.04. The number of carbonyl (C=O) groups is 1. The first-order chi connectivity index (χ1) is 14.1. The molecule has 2 aliphatic heterocycles. The Balaban J connectivity index is 1.31. The first-order valence-electron chi connectivity index (χ1n) is 10.4. The lowest BCUT2D eigenvalue weighted by Crippen LogP contribution is -2.52. The van der Waals surface area contributed by atoms with Gasteiger partial charge in [0.05, 0.1) is 11.6 Å². The van der Waals surface area contributed by atoms with Gasteiger partial charge < -0.3 is 9.80 Å². The van der Waals surface area contributed by atoms with E-state index in [2.05, 4.69) is 17.0 Å². The standard InChI is InChI=1S/C23H27ClFN3O/c24-20-9-7-18(8-10-20)16-26-11-3-4-19(17-26)23(29)28-14-12-27(13-15-28)22-6-2-1-5-21(22)25/h1-2,5-10,19H,3-4,11-17H2/t19-/m0/s1. The molecule has 0 spiro atoms. The number of piperidine rings is 1. The Morgan fingerprint density at radius 2 is 1.72 bits per heavy atom. The second-order valence-electron chi connectivity index (χ2n) is 7.96. The van der Waals surface area contributed by atoms with E-state index in [1.807, 2.05) is 34.1 Å². The van der Waals surface area contributed by atoms with Crippen molar-refractivity contribution in [2.45, 2.75) is 19.4 Å². The number of hydrogen-bond donors (Lipinski definition) is 0. The number of amides is 1. The first-order valence-corrected chi connectivity index (χ1v) is 10.7. The van der Waals surface area contributed by atoms with Gasteiger partial charge in [-0.2, -0.15) is 0 Å². The maximum absolute atomic E-state index is 14.0. The van der Waals surface area contributed by atoms with E-state index in [4.69, 9.17) is 11.6 Å². The Morgan fingerprint density at radius 1 is 1.00 bits per heavy atom. The zero-order valence-electron chi connectivity index (χ0n) is 16.6. The molecular formula is C23H27ClFN3O. The van der Waals surface area contributed by atoms with E-state index < -0.39 is 0 Å². The molecule has 2 aromatic carbocycles. The van der Waals surface area contributed by atoms with E-state index >= 15 is 0 Å². The minimum Gasteiger partial charge on any atom is -0.366 e. The summed E-state index contributed by atoms with van der Waals surface area (Å²) in [6.45, 7) is 5.33. The molecule has 2 aliphatic rings. The molecule has 0 unspecified atom stereocenters. The fraction of sp³-hybridized carbons (Fsp3) is 0.435. The van der Waals surface area contributed by atoms with Crippen LogP contribution in [0.1, 0.15) is 18.4 Å². The van der Waals surface area contributed by atoms with Gasteiger partial charge in [0.1, 0.15) is 5.82 Å². The Bertz CT molecular complexity index is 836. The molecule has 0 bridgehead atoms. The van der Waals surface area contributed by atoms with Crippen LogP contribution >= 0.6 is 11.6 Å². The van der Waals surface area contributed by atoms with Crippen molar-refractivity contribution in [2.24, 2.45) is 5.92 Å². The minimum absolute atomic E-state index is 0.0519. The van der Waals surface area contributed by atoms with Crippen LogP contribution in [0.25, 0.3) is 0 Å². The number of carbonyl (C=O) groups excluding carboxylic acids is 1. The molecule has 0 saturated carbocycles. The van der Waals surface area contributed by atoms with E-state index in [0.29, 0.717) is 31.9 Å². The summed E-state index contributed by atoms with van der Waals surface area (Å²) in [6, 6.07) is 14.8. The van der Waals surface area contributed by atoms with Gasteiger partial charge in [0.25, 0.3) is 0 Å². The highest BCUT2D eigenvalue weighted by molar-refractivity contribution is 6.30. The number of nitrogens with zero attached hydrogens (tertiary/aromatic N) is 3. The number of anilines is 1. The van der Waals surface area contributed by atoms with Crippen LogP contribution in [0.3, 0.4) is 0 Å². The lowest BCUT2D eigenvalue weighted by atomic mass is 9.95. The normalized spacial score (nSPS) is 20.7. The molecule has 4 nitrogen and oxygen atoms in total. The van der Waals surface area contributed by atoms with Crippen molar-refractivity contribution in [3.63, 3.8) is 0 Å². The maximum atomic E-state index is 14.0. The van der Waals surface area contributed by atoms with E-state index in [-0.39, 0.29) is 17.6 Å². The number of halogens is 2. The van der Waals surface area contributed by atoms with Crippen LogP contribution < -0.4 is 4.90 Å². The fourth-order valence-corrected chi connectivity index (χ4v) is 4.51. The van der Waals surface area contributed by atoms with E-state index in [1.165, 1.54) is 11.6 Å². The van der Waals surface area contributed by atoms with Crippen molar-refractivity contribution in [3.8, 4) is 0 Å². The molecule has 0 aromatic heterocycles. The Kier molecular flexibility index (Phi) is 6.36. The van der Waals surface area contributed by atoms with Crippen LogP contribution in [-0.4, -0.2) is 55.0 Å². The van der Waals surface area contributed by atoms with Crippen LogP contribution in [0.2, 0.25) is 5.02 Å². The average molecular weight is 416 g/mol. The van der Waals surface area contributed by atoms with Gasteiger partial charge in [-0.3, -0.25) is 9.69 Å². The molecule has 2 aromatic rings. The number of benzene rings is 2. The summed E-state index contributed by atoms with van der Waals surface area (Å²) in [6.07, 6.45) is 1.99. The van der Waals surface area contributed by atoms with Crippen LogP contribution in [0.5, 0.6) is 0 Å². The Hall–Kier alpha value is -2.11. The molecule has 0 aliphatic carbocycles. The molecule has 2 heterocycles. The van der Waals surface area contributed by atoms with Gasteiger partial charge in [-0.1, -0.05) is 35.9 Å². The second-order valence-corrected chi connectivity index (χ2v) is 8.40. The molecule has 2 fully saturated rings. The van der Waals surface area contributed by atoms with Crippen LogP contribution in [0, 0.1) is 11.7 Å². The van der Waals surface area contributed by atoms with Gasteiger partial charge in [-0.05, 0) is 49.2 Å². The van der Waals surface area contributed by atoms with Gasteiger partial charge in [-0.15, -0.1) is 0 Å². The van der Waals surface area contributed by atoms with Crippen LogP contribution in [0.15, 0.2) is 48.5 Å². The summed E-state index contributed by atoms with van der Waals surface area (Å²) < 4.78 is 14.0. The quantitative estimate of drug-likeness (QED) is 0.754. The number of rotatable bonds is 4. The number of likely N-dealkylation sites (tertiary alicyclic amines) is 1. The van der Waals surface area contributed by atoms with Crippen molar-refractivity contribution >= 4 is 23.2 Å². The smallest absolute Gasteiger partial charge is 0.227 e. The van der Waals surface area contributed by atoms with Gasteiger partial charge in [0, 0.05) is 44.3 Å². The molecule has 6 heteroatoms. The topological polar surface area (TPSA) is 26.8 Å². The molecule has 29 heavy (non-hydrogen) atoms. The Labute approximate surface area is 176 Å². The average Bonchev–Trinajstić information content (AvgIpc) is 2.76. The van der Waals surface area contributed by atoms with Crippen molar-refractivity contribution in [1.82, 2.24) is 9.80 Å². The molecular weight excluding hydrogens is 389 g/mol. The summed E-state index contributed by atoms with van der Waals surface area (Å²) in [5, 5.41) is 0.745. The molecule has 4 rings (SSSR count). The molecule has 1 amide bonds. The van der Waals surface area contributed by atoms with Gasteiger partial charge >= 0.3 is 0 Å². The lowest BCUT2D eigenvalue weighted by Gasteiger charge is -2.39. The zero-order valence-corrected chi connectivity index (χ0v) is 17.3. The monoisotopic (exact) mass is 415 g/mol. The van der Waals surface area contributed by atoms with Crippen LogP contribution in [0.4, 0.5) is 10.1 Å². The van der Waals surface area contributed by atoms with E-state index in [0.717, 1.165) is 37.5 Å². The summed E-state index contributed by atoms with van der Waals surface area (Å²) in [5.74, 6) is 0.104. The largest absolute Gasteiger partial charge is 0.366 e. The molecule has 154 valence electrons. The summed E-state index contributed by atoms with van der Waals surface area (Å²) >= 11 is 5.98. The summed E-state index contributed by atoms with van der Waals surface area (Å²) in [7, 11) is 0. The van der Waals surface area contributed by atoms with Crippen LogP contribution in [-0.2, 0) is 11.3 Å². The van der Waals surface area contributed by atoms with Gasteiger partial charge in [-0.25, -0.2) is 4.39 Å². The molecule has 0 radical (unpaired) electrons. The minimum atomic E-state index is -0.197. The van der Waals surface area contributed by atoms with E-state index in [9.17, 15) is 9.18 Å². The number of hydrogen-bond acceptors (Lipinski definition) is 3. The molecule has 1 atom stereocenters. The highest BCUT2D eigenvalue weighted by atomic mass is 35.5. The summed E-state index contributed by atoms with van der Waals surface area (Å²) in [5.41, 5.74) is 1.85. The highest BCUT2D eigenvalue weighted by Gasteiger charge is 2.31.